The molecule has 2 aromatic carbocycles. The number of hydrogen-bond acceptors (Lipinski definition) is 3. The van der Waals surface area contributed by atoms with Crippen molar-refractivity contribution in [1.82, 2.24) is 0 Å². The van der Waals surface area contributed by atoms with Crippen LogP contribution >= 0.6 is 0 Å². The van der Waals surface area contributed by atoms with Gasteiger partial charge in [0.05, 0.1) is 0 Å². The summed E-state index contributed by atoms with van der Waals surface area (Å²) in [7, 11) is 0. The van der Waals surface area contributed by atoms with E-state index >= 15 is 0 Å². The van der Waals surface area contributed by atoms with Crippen molar-refractivity contribution >= 4 is 18.4 Å². The van der Waals surface area contributed by atoms with Crippen molar-refractivity contribution in [2.75, 3.05) is 0 Å². The van der Waals surface area contributed by atoms with Crippen LogP contribution in [-0.4, -0.2) is 18.4 Å². The summed E-state index contributed by atoms with van der Waals surface area (Å²) in [4.78, 5) is 36.1. The zero-order chi connectivity index (χ0) is 19.7. The fraction of sp³-hybridized carbons (Fsp3) is 0.348. The maximum absolute atomic E-state index is 13.0. The molecule has 0 atom stereocenters. The summed E-state index contributed by atoms with van der Waals surface area (Å²) >= 11 is 0. The highest BCUT2D eigenvalue weighted by atomic mass is 16.1. The lowest BCUT2D eigenvalue weighted by Gasteiger charge is -2.21. The van der Waals surface area contributed by atoms with Crippen molar-refractivity contribution in [1.29, 1.82) is 0 Å². The van der Waals surface area contributed by atoms with Gasteiger partial charge in [-0.15, -0.1) is 0 Å². The first kappa shape index (κ1) is 19.8. The van der Waals surface area contributed by atoms with Crippen molar-refractivity contribution in [2.24, 2.45) is 0 Å². The Bertz CT molecular complexity index is 790. The molecule has 0 aromatic heterocycles. The zero-order valence-electron chi connectivity index (χ0n) is 16.3. The molecule has 0 aliphatic rings. The minimum Gasteiger partial charge on any atom is -0.298 e. The molecule has 2 rings (SSSR count). The third-order valence-electron chi connectivity index (χ3n) is 4.58. The molecule has 0 N–H and O–H groups in total. The minimum atomic E-state index is -0.310. The lowest BCUT2D eigenvalue weighted by atomic mass is 9.83. The van der Waals surface area contributed by atoms with Crippen LogP contribution in [0.25, 0.3) is 0 Å². The maximum Gasteiger partial charge on any atom is 0.194 e. The average Bonchev–Trinajstić information content (AvgIpc) is 2.58. The molecule has 0 aliphatic heterocycles. The van der Waals surface area contributed by atoms with Crippen LogP contribution in [0.4, 0.5) is 0 Å². The van der Waals surface area contributed by atoms with Crippen molar-refractivity contribution in [3.8, 4) is 0 Å². The van der Waals surface area contributed by atoms with Crippen LogP contribution in [0.15, 0.2) is 36.4 Å². The molecule has 0 unspecified atom stereocenters. The number of carbonyl (C=O) groups excluding carboxylic acids is 3. The Morgan fingerprint density at radius 2 is 1.04 bits per heavy atom. The van der Waals surface area contributed by atoms with E-state index in [0.29, 0.717) is 34.8 Å². The van der Waals surface area contributed by atoms with Crippen LogP contribution in [0.2, 0.25) is 0 Å². The van der Waals surface area contributed by atoms with Crippen LogP contribution in [-0.2, 0) is 10.8 Å². The highest BCUT2D eigenvalue weighted by Gasteiger charge is 2.22. The summed E-state index contributed by atoms with van der Waals surface area (Å²) < 4.78 is 0. The molecule has 0 aliphatic carbocycles. The van der Waals surface area contributed by atoms with E-state index in [-0.39, 0.29) is 16.6 Å². The van der Waals surface area contributed by atoms with E-state index in [0.717, 1.165) is 11.1 Å². The minimum absolute atomic E-state index is 0.123. The Morgan fingerprint density at radius 3 is 1.31 bits per heavy atom. The summed E-state index contributed by atoms with van der Waals surface area (Å²) in [5.74, 6) is -0.310. The molecule has 0 bridgehead atoms. The van der Waals surface area contributed by atoms with Crippen LogP contribution in [0.3, 0.4) is 0 Å². The zero-order valence-corrected chi connectivity index (χ0v) is 16.3. The Hall–Kier alpha value is -2.55. The van der Waals surface area contributed by atoms with Crippen molar-refractivity contribution in [3.63, 3.8) is 0 Å². The number of hydrogen-bond donors (Lipinski definition) is 0. The van der Waals surface area contributed by atoms with Crippen molar-refractivity contribution in [2.45, 2.75) is 52.4 Å². The topological polar surface area (TPSA) is 51.2 Å². The molecule has 0 fully saturated rings. The monoisotopic (exact) mass is 350 g/mol. The predicted octanol–water partition coefficient (Wildman–Crippen LogP) is 5.14. The first-order chi connectivity index (χ1) is 12.0. The second-order valence-corrected chi connectivity index (χ2v) is 8.67. The Balaban J connectivity index is 2.56. The lowest BCUT2D eigenvalue weighted by molar-refractivity contribution is 0.102. The normalized spacial score (nSPS) is 11.9. The first-order valence-corrected chi connectivity index (χ1v) is 8.73. The molecule has 0 spiro atoms. The number of ketones is 1. The van der Waals surface area contributed by atoms with Gasteiger partial charge in [-0.2, -0.15) is 0 Å². The molecule has 0 amide bonds. The maximum atomic E-state index is 13.0. The van der Waals surface area contributed by atoms with Gasteiger partial charge in [0.2, 0.25) is 0 Å². The number of benzene rings is 2. The number of rotatable bonds is 4. The Labute approximate surface area is 155 Å². The van der Waals surface area contributed by atoms with Crippen LogP contribution < -0.4 is 0 Å². The van der Waals surface area contributed by atoms with E-state index in [1.807, 2.05) is 53.7 Å². The van der Waals surface area contributed by atoms with E-state index in [1.54, 1.807) is 24.3 Å². The summed E-state index contributed by atoms with van der Waals surface area (Å²) in [6.45, 7) is 12.3. The van der Waals surface area contributed by atoms with E-state index in [9.17, 15) is 14.4 Å². The molecule has 0 saturated carbocycles. The second kappa shape index (κ2) is 6.99. The van der Waals surface area contributed by atoms with Crippen LogP contribution in [0, 0.1) is 0 Å². The van der Waals surface area contributed by atoms with Gasteiger partial charge in [-0.1, -0.05) is 65.8 Å². The van der Waals surface area contributed by atoms with Gasteiger partial charge in [0, 0.05) is 22.3 Å². The SMILES string of the molecule is CC(C)(C)c1ccc(C(=O)c2ccc(C(C)(C)C)cc2C=O)c(C=O)c1. The summed E-state index contributed by atoms with van der Waals surface area (Å²) in [5, 5.41) is 0. The van der Waals surface area contributed by atoms with Gasteiger partial charge >= 0.3 is 0 Å². The van der Waals surface area contributed by atoms with E-state index in [4.69, 9.17) is 0 Å². The molecule has 0 saturated heterocycles. The van der Waals surface area contributed by atoms with E-state index in [1.165, 1.54) is 0 Å². The molecule has 0 radical (unpaired) electrons. The molecular weight excluding hydrogens is 324 g/mol. The molecule has 3 nitrogen and oxygen atoms in total. The van der Waals surface area contributed by atoms with Gasteiger partial charge in [0.25, 0.3) is 0 Å². The molecule has 2 aromatic rings. The van der Waals surface area contributed by atoms with Crippen molar-refractivity contribution < 1.29 is 14.4 Å². The van der Waals surface area contributed by atoms with Gasteiger partial charge in [0.1, 0.15) is 0 Å². The smallest absolute Gasteiger partial charge is 0.194 e. The van der Waals surface area contributed by atoms with Gasteiger partial charge in [-0.05, 0) is 34.1 Å². The molecule has 3 heteroatoms. The quantitative estimate of drug-likeness (QED) is 0.567. The average molecular weight is 350 g/mol. The lowest BCUT2D eigenvalue weighted by Crippen LogP contribution is -2.15. The fourth-order valence-electron chi connectivity index (χ4n) is 2.81. The van der Waals surface area contributed by atoms with E-state index < -0.39 is 0 Å². The summed E-state index contributed by atoms with van der Waals surface area (Å²) in [6, 6.07) is 10.6. The van der Waals surface area contributed by atoms with Crippen LogP contribution in [0.1, 0.15) is 89.3 Å². The Morgan fingerprint density at radius 1 is 0.692 bits per heavy atom. The molecule has 0 heterocycles. The second-order valence-electron chi connectivity index (χ2n) is 8.67. The van der Waals surface area contributed by atoms with Crippen molar-refractivity contribution in [3.05, 3.63) is 69.8 Å². The predicted molar refractivity (Wildman–Crippen MR) is 104 cm³/mol. The highest BCUT2D eigenvalue weighted by molar-refractivity contribution is 6.15. The third-order valence-corrected chi connectivity index (χ3v) is 4.58. The number of carbonyl (C=O) groups is 3. The molecular formula is C23H26O3. The third kappa shape index (κ3) is 3.98. The van der Waals surface area contributed by atoms with Gasteiger partial charge in [-0.3, -0.25) is 14.4 Å². The Kier molecular flexibility index (Phi) is 5.31. The number of aldehydes is 2. The summed E-state index contributed by atoms with van der Waals surface area (Å²) in [6.07, 6.45) is 1.40. The fourth-order valence-corrected chi connectivity index (χ4v) is 2.81. The van der Waals surface area contributed by atoms with E-state index in [2.05, 4.69) is 0 Å². The van der Waals surface area contributed by atoms with Gasteiger partial charge in [-0.25, -0.2) is 0 Å². The van der Waals surface area contributed by atoms with Gasteiger partial charge in [0.15, 0.2) is 18.4 Å². The van der Waals surface area contributed by atoms with Crippen LogP contribution in [0.5, 0.6) is 0 Å². The molecule has 136 valence electrons. The largest absolute Gasteiger partial charge is 0.298 e. The summed E-state index contributed by atoms with van der Waals surface area (Å²) in [5.41, 5.74) is 3.05. The molecule has 26 heavy (non-hydrogen) atoms. The van der Waals surface area contributed by atoms with Gasteiger partial charge < -0.3 is 0 Å². The standard InChI is InChI=1S/C23H26O3/c1-22(2,3)17-7-9-19(15(11-17)13-24)21(26)20-10-8-18(23(4,5)6)12-16(20)14-25/h7-14H,1-6H3. The highest BCUT2D eigenvalue weighted by Crippen LogP contribution is 2.28. The first-order valence-electron chi connectivity index (χ1n) is 8.73.